The van der Waals surface area contributed by atoms with Gasteiger partial charge in [-0.25, -0.2) is 9.78 Å². The Hall–Kier alpha value is -3.17. The second-order valence-electron chi connectivity index (χ2n) is 10.8. The van der Waals surface area contributed by atoms with Crippen LogP contribution in [0.3, 0.4) is 0 Å². The summed E-state index contributed by atoms with van der Waals surface area (Å²) in [6.45, 7) is 3.46. The molecule has 0 spiro atoms. The highest BCUT2D eigenvalue weighted by molar-refractivity contribution is 6.32. The number of nitrogens with one attached hydrogen (secondary N) is 1. The van der Waals surface area contributed by atoms with Gasteiger partial charge in [0, 0.05) is 17.7 Å². The van der Waals surface area contributed by atoms with Crippen molar-refractivity contribution in [1.29, 1.82) is 0 Å². The summed E-state index contributed by atoms with van der Waals surface area (Å²) in [5.74, 6) is -1.16. The number of amides is 1. The molecule has 0 radical (unpaired) electrons. The maximum Gasteiger partial charge on any atom is 0.329 e. The molecule has 8 nitrogen and oxygen atoms in total. The Morgan fingerprint density at radius 2 is 1.81 bits per heavy atom. The number of nitrogens with zero attached hydrogens (tertiary/aromatic N) is 2. The molecule has 2 aromatic carbocycles. The van der Waals surface area contributed by atoms with Crippen molar-refractivity contribution in [3.8, 4) is 28.1 Å². The largest absolute Gasteiger partial charge is 0.492 e. The average molecular weight is 617 g/mol. The standard InChI is InChI=1S/C32H38ClN3O5.ClH/c1-4-21-8-5-6-9-24(21)25-11-13-27(30(38)35-32(31(39)40)16-14-23(37)15-17-32)34-29(25)22-10-12-26(33)28(20-22)41-19-7-18-36(2)3;/h5-6,8-13,20,23,37H,4,7,14-19H2,1-3H3,(H,35,38)(H,39,40);1H. The van der Waals surface area contributed by atoms with Crippen LogP contribution in [0.4, 0.5) is 0 Å². The predicted molar refractivity (Wildman–Crippen MR) is 168 cm³/mol. The second kappa shape index (κ2) is 14.8. The van der Waals surface area contributed by atoms with Gasteiger partial charge in [0.05, 0.1) is 23.4 Å². The van der Waals surface area contributed by atoms with Gasteiger partial charge in [0.25, 0.3) is 5.91 Å². The van der Waals surface area contributed by atoms with Gasteiger partial charge in [-0.2, -0.15) is 0 Å². The molecule has 1 aliphatic carbocycles. The van der Waals surface area contributed by atoms with Crippen molar-refractivity contribution in [2.45, 2.75) is 57.1 Å². The Morgan fingerprint density at radius 3 is 2.48 bits per heavy atom. The number of aryl methyl sites for hydroxylation is 1. The normalized spacial score (nSPS) is 18.3. The van der Waals surface area contributed by atoms with Crippen LogP contribution >= 0.6 is 24.0 Å². The van der Waals surface area contributed by atoms with Crippen LogP contribution in [0.15, 0.2) is 54.6 Å². The number of aliphatic carboxylic acids is 1. The van der Waals surface area contributed by atoms with E-state index >= 15 is 0 Å². The fraction of sp³-hybridized carbons (Fsp3) is 0.406. The molecule has 4 rings (SSSR count). The molecule has 3 aromatic rings. The zero-order valence-corrected chi connectivity index (χ0v) is 25.8. The van der Waals surface area contributed by atoms with E-state index in [1.54, 1.807) is 12.1 Å². The quantitative estimate of drug-likeness (QED) is 0.231. The maximum atomic E-state index is 13.5. The monoisotopic (exact) mass is 615 g/mol. The van der Waals surface area contributed by atoms with Crippen molar-refractivity contribution in [3.63, 3.8) is 0 Å². The minimum Gasteiger partial charge on any atom is -0.492 e. The van der Waals surface area contributed by atoms with Crippen LogP contribution in [0.25, 0.3) is 22.4 Å². The van der Waals surface area contributed by atoms with Crippen molar-refractivity contribution >= 4 is 35.9 Å². The average Bonchev–Trinajstić information content (AvgIpc) is 2.97. The van der Waals surface area contributed by atoms with Crippen LogP contribution in [-0.2, 0) is 11.2 Å². The number of hydrogen-bond donors (Lipinski definition) is 3. The van der Waals surface area contributed by atoms with Crippen molar-refractivity contribution in [2.24, 2.45) is 0 Å². The summed E-state index contributed by atoms with van der Waals surface area (Å²) < 4.78 is 6.01. The Labute approximate surface area is 258 Å². The van der Waals surface area contributed by atoms with Crippen molar-refractivity contribution in [3.05, 3.63) is 70.9 Å². The molecular weight excluding hydrogens is 577 g/mol. The molecule has 3 N–H and O–H groups in total. The highest BCUT2D eigenvalue weighted by Crippen LogP contribution is 2.37. The van der Waals surface area contributed by atoms with E-state index in [0.29, 0.717) is 35.9 Å². The number of halogens is 2. The minimum atomic E-state index is -1.44. The summed E-state index contributed by atoms with van der Waals surface area (Å²) in [6.07, 6.45) is 1.99. The van der Waals surface area contributed by atoms with Gasteiger partial charge >= 0.3 is 5.97 Å². The van der Waals surface area contributed by atoms with Crippen LogP contribution in [0.1, 0.15) is 55.1 Å². The van der Waals surface area contributed by atoms with Gasteiger partial charge in [-0.1, -0.05) is 48.9 Å². The van der Waals surface area contributed by atoms with Gasteiger partial charge in [0.15, 0.2) is 0 Å². The van der Waals surface area contributed by atoms with Crippen LogP contribution in [0, 0.1) is 0 Å². The lowest BCUT2D eigenvalue weighted by atomic mass is 9.80. The molecule has 0 aliphatic heterocycles. The van der Waals surface area contributed by atoms with E-state index in [2.05, 4.69) is 23.2 Å². The molecule has 0 atom stereocenters. The van der Waals surface area contributed by atoms with Gasteiger partial charge in [-0.05, 0) is 88.0 Å². The molecule has 0 saturated heterocycles. The third-order valence-corrected chi connectivity index (χ3v) is 7.91. The molecule has 0 unspecified atom stereocenters. The van der Waals surface area contributed by atoms with Gasteiger partial charge in [-0.15, -0.1) is 12.4 Å². The fourth-order valence-electron chi connectivity index (χ4n) is 5.21. The maximum absolute atomic E-state index is 13.5. The number of aliphatic hydroxyl groups excluding tert-OH is 1. The van der Waals surface area contributed by atoms with Gasteiger partial charge in [-0.3, -0.25) is 4.79 Å². The Balaban J connectivity index is 0.00000484. The van der Waals surface area contributed by atoms with Crippen LogP contribution in [0.5, 0.6) is 5.75 Å². The lowest BCUT2D eigenvalue weighted by molar-refractivity contribution is -0.146. The molecule has 1 fully saturated rings. The molecule has 1 aliphatic rings. The zero-order valence-electron chi connectivity index (χ0n) is 24.2. The summed E-state index contributed by atoms with van der Waals surface area (Å²) in [7, 11) is 4.02. The van der Waals surface area contributed by atoms with E-state index in [4.69, 9.17) is 21.3 Å². The summed E-state index contributed by atoms with van der Waals surface area (Å²) in [4.78, 5) is 32.6. The van der Waals surface area contributed by atoms with Crippen molar-refractivity contribution in [2.75, 3.05) is 27.2 Å². The number of carboxylic acid groups (broad SMARTS) is 1. The number of rotatable bonds is 11. The molecule has 226 valence electrons. The topological polar surface area (TPSA) is 112 Å². The smallest absolute Gasteiger partial charge is 0.329 e. The first-order chi connectivity index (χ1) is 19.6. The third kappa shape index (κ3) is 7.81. The first-order valence-electron chi connectivity index (χ1n) is 14.0. The molecule has 1 aromatic heterocycles. The minimum absolute atomic E-state index is 0. The van der Waals surface area contributed by atoms with Gasteiger partial charge < -0.3 is 25.2 Å². The number of ether oxygens (including phenoxy) is 1. The van der Waals surface area contributed by atoms with Gasteiger partial charge in [0.1, 0.15) is 17.0 Å². The molecule has 10 heteroatoms. The van der Waals surface area contributed by atoms with E-state index in [0.717, 1.165) is 41.6 Å². The predicted octanol–water partition coefficient (Wildman–Crippen LogP) is 5.87. The number of aliphatic hydroxyl groups is 1. The second-order valence-corrected chi connectivity index (χ2v) is 11.2. The summed E-state index contributed by atoms with van der Waals surface area (Å²) in [5, 5.41) is 23.1. The van der Waals surface area contributed by atoms with Crippen LogP contribution in [0.2, 0.25) is 5.02 Å². The molecule has 1 heterocycles. The van der Waals surface area contributed by atoms with E-state index in [1.165, 1.54) is 0 Å². The molecule has 0 bridgehead atoms. The highest BCUT2D eigenvalue weighted by atomic mass is 35.5. The number of carbonyl (C=O) groups is 2. The van der Waals surface area contributed by atoms with E-state index in [-0.39, 0.29) is 30.9 Å². The van der Waals surface area contributed by atoms with E-state index < -0.39 is 23.5 Å². The third-order valence-electron chi connectivity index (χ3n) is 7.60. The number of hydrogen-bond acceptors (Lipinski definition) is 6. The number of carbonyl (C=O) groups excluding carboxylic acids is 1. The number of carboxylic acids is 1. The lowest BCUT2D eigenvalue weighted by Crippen LogP contribution is -2.57. The number of aromatic nitrogens is 1. The Bertz CT molecular complexity index is 1390. The molecular formula is C32H39Cl2N3O5. The SMILES string of the molecule is CCc1ccccc1-c1ccc(C(=O)NC2(C(=O)O)CCC(O)CC2)nc1-c1ccc(Cl)c(OCCCN(C)C)c1.Cl. The Kier molecular flexibility index (Phi) is 11.8. The summed E-state index contributed by atoms with van der Waals surface area (Å²) in [6, 6.07) is 17.0. The van der Waals surface area contributed by atoms with Crippen molar-refractivity contribution < 1.29 is 24.5 Å². The first kappa shape index (κ1) is 33.3. The molecule has 42 heavy (non-hydrogen) atoms. The van der Waals surface area contributed by atoms with Crippen molar-refractivity contribution in [1.82, 2.24) is 15.2 Å². The fourth-order valence-corrected chi connectivity index (χ4v) is 5.38. The molecule has 1 amide bonds. The first-order valence-corrected chi connectivity index (χ1v) is 14.4. The Morgan fingerprint density at radius 1 is 1.10 bits per heavy atom. The lowest BCUT2D eigenvalue weighted by Gasteiger charge is -2.35. The van der Waals surface area contributed by atoms with E-state index in [1.807, 2.05) is 50.5 Å². The van der Waals surface area contributed by atoms with Crippen LogP contribution in [-0.4, -0.2) is 70.9 Å². The number of benzene rings is 2. The molecule has 1 saturated carbocycles. The van der Waals surface area contributed by atoms with Crippen LogP contribution < -0.4 is 10.1 Å². The zero-order chi connectivity index (χ0) is 29.6. The summed E-state index contributed by atoms with van der Waals surface area (Å²) >= 11 is 6.48. The van der Waals surface area contributed by atoms with E-state index in [9.17, 15) is 19.8 Å². The number of pyridine rings is 1. The summed E-state index contributed by atoms with van der Waals surface area (Å²) in [5.41, 5.74) is 2.92. The van der Waals surface area contributed by atoms with Gasteiger partial charge in [0.2, 0.25) is 0 Å². The highest BCUT2D eigenvalue weighted by Gasteiger charge is 2.43.